The predicted molar refractivity (Wildman–Crippen MR) is 146 cm³/mol. The Morgan fingerprint density at radius 1 is 0.865 bits per heavy atom. The highest BCUT2D eigenvalue weighted by Crippen LogP contribution is 2.31. The van der Waals surface area contributed by atoms with Gasteiger partial charge in [-0.15, -0.1) is 0 Å². The summed E-state index contributed by atoms with van der Waals surface area (Å²) in [4.78, 5) is 25.5. The van der Waals surface area contributed by atoms with Crippen molar-refractivity contribution in [2.45, 2.75) is 25.7 Å². The summed E-state index contributed by atoms with van der Waals surface area (Å²) in [5, 5.41) is 5.66. The van der Waals surface area contributed by atoms with Crippen LogP contribution in [0.4, 0.5) is 5.69 Å². The van der Waals surface area contributed by atoms with Crippen molar-refractivity contribution in [2.75, 3.05) is 18.1 Å². The minimum atomic E-state index is -3.31. The highest BCUT2D eigenvalue weighted by atomic mass is 32.2. The maximum Gasteiger partial charge on any atom is 0.257 e. The molecule has 190 valence electrons. The minimum absolute atomic E-state index is 0.110. The van der Waals surface area contributed by atoms with Gasteiger partial charge >= 0.3 is 0 Å². The van der Waals surface area contributed by atoms with Gasteiger partial charge in [-0.1, -0.05) is 30.3 Å². The number of hydrogen-bond donors (Lipinski definition) is 2. The van der Waals surface area contributed by atoms with Gasteiger partial charge in [0.25, 0.3) is 11.8 Å². The molecule has 4 rings (SSSR count). The molecule has 0 atom stereocenters. The number of sulfone groups is 1. The van der Waals surface area contributed by atoms with E-state index >= 15 is 0 Å². The van der Waals surface area contributed by atoms with Gasteiger partial charge in [-0.3, -0.25) is 9.59 Å². The zero-order chi connectivity index (χ0) is 26.7. The molecule has 0 unspecified atom stereocenters. The van der Waals surface area contributed by atoms with E-state index in [4.69, 9.17) is 0 Å². The summed E-state index contributed by atoms with van der Waals surface area (Å²) >= 11 is 0. The second kappa shape index (κ2) is 10.4. The molecule has 0 aliphatic rings. The molecule has 4 aromatic rings. The van der Waals surface area contributed by atoms with Crippen molar-refractivity contribution >= 4 is 27.3 Å². The number of aromatic nitrogens is 1. The van der Waals surface area contributed by atoms with Crippen LogP contribution in [0.3, 0.4) is 0 Å². The van der Waals surface area contributed by atoms with Gasteiger partial charge in [0.1, 0.15) is 0 Å². The van der Waals surface area contributed by atoms with Gasteiger partial charge < -0.3 is 15.2 Å². The molecule has 0 radical (unpaired) electrons. The van der Waals surface area contributed by atoms with Crippen LogP contribution in [0.25, 0.3) is 16.8 Å². The highest BCUT2D eigenvalue weighted by Gasteiger charge is 2.19. The molecule has 2 amide bonds. The first-order valence-corrected chi connectivity index (χ1v) is 13.8. The molecule has 2 N–H and O–H groups in total. The lowest BCUT2D eigenvalue weighted by Crippen LogP contribution is -2.22. The maximum atomic E-state index is 13.1. The Morgan fingerprint density at radius 3 is 2.14 bits per heavy atom. The molecule has 0 saturated heterocycles. The number of benzene rings is 3. The van der Waals surface area contributed by atoms with Crippen molar-refractivity contribution in [3.63, 3.8) is 0 Å². The van der Waals surface area contributed by atoms with E-state index in [0.29, 0.717) is 23.4 Å². The third kappa shape index (κ3) is 5.49. The summed E-state index contributed by atoms with van der Waals surface area (Å²) < 4.78 is 25.4. The van der Waals surface area contributed by atoms with Crippen molar-refractivity contribution in [3.8, 4) is 16.8 Å². The third-order valence-corrected chi connectivity index (χ3v) is 7.28. The largest absolute Gasteiger partial charge is 0.352 e. The molecule has 3 aromatic carbocycles. The smallest absolute Gasteiger partial charge is 0.257 e. The molecule has 1 heterocycles. The number of aryl methyl sites for hydroxylation is 1. The van der Waals surface area contributed by atoms with Gasteiger partial charge in [-0.2, -0.15) is 0 Å². The first-order valence-electron chi connectivity index (χ1n) is 11.9. The van der Waals surface area contributed by atoms with E-state index in [1.54, 1.807) is 24.3 Å². The number of nitrogens with one attached hydrogen (secondary N) is 2. The zero-order valence-electron chi connectivity index (χ0n) is 21.2. The van der Waals surface area contributed by atoms with Gasteiger partial charge in [-0.05, 0) is 74.9 Å². The Bertz CT molecular complexity index is 1570. The number of nitrogens with zero attached hydrogens (tertiary/aromatic N) is 1. The Balaban J connectivity index is 1.65. The Kier molecular flexibility index (Phi) is 7.31. The van der Waals surface area contributed by atoms with Crippen LogP contribution in [0.5, 0.6) is 0 Å². The molecule has 7 nitrogen and oxygen atoms in total. The number of para-hydroxylation sites is 1. The van der Waals surface area contributed by atoms with Crippen LogP contribution < -0.4 is 10.6 Å². The summed E-state index contributed by atoms with van der Waals surface area (Å²) in [6, 6.07) is 23.3. The molecule has 1 aromatic heterocycles. The lowest BCUT2D eigenvalue weighted by Gasteiger charge is -2.16. The van der Waals surface area contributed by atoms with E-state index in [1.807, 2.05) is 67.8 Å². The quantitative estimate of drug-likeness (QED) is 0.355. The number of amides is 2. The predicted octanol–water partition coefficient (Wildman–Crippen LogP) is 5.17. The van der Waals surface area contributed by atoms with E-state index in [1.165, 1.54) is 12.1 Å². The second-order valence-corrected chi connectivity index (χ2v) is 10.8. The number of carbonyl (C=O) groups excluding carboxylic acids is 2. The minimum Gasteiger partial charge on any atom is -0.352 e. The lowest BCUT2D eigenvalue weighted by molar-refractivity contribution is 0.0955. The van der Waals surface area contributed by atoms with E-state index in [2.05, 4.69) is 10.6 Å². The standard InChI is InChI=1S/C29H29N3O4S/c1-5-30-28(33)22-12-10-21(11-13-22)25-8-6-7-9-27(25)32-19(2)18-26(20(32)3)29(34)31-23-14-16-24(17-15-23)37(4,35)36/h6-18H,5H2,1-4H3,(H,30,33)(H,31,34). The number of anilines is 1. The van der Waals surface area contributed by atoms with Gasteiger partial charge in [0.2, 0.25) is 0 Å². The average molecular weight is 516 g/mol. The van der Waals surface area contributed by atoms with E-state index < -0.39 is 9.84 Å². The average Bonchev–Trinajstić information content (AvgIpc) is 3.17. The molecule has 0 bridgehead atoms. The van der Waals surface area contributed by atoms with Crippen LogP contribution >= 0.6 is 0 Å². The van der Waals surface area contributed by atoms with Gasteiger partial charge in [0.05, 0.1) is 16.1 Å². The topological polar surface area (TPSA) is 97.3 Å². The van der Waals surface area contributed by atoms with Crippen molar-refractivity contribution < 1.29 is 18.0 Å². The van der Waals surface area contributed by atoms with E-state index in [-0.39, 0.29) is 16.7 Å². The number of carbonyl (C=O) groups is 2. The Hall–Kier alpha value is -4.17. The van der Waals surface area contributed by atoms with Crippen molar-refractivity contribution in [3.05, 3.63) is 101 Å². The van der Waals surface area contributed by atoms with E-state index in [9.17, 15) is 18.0 Å². The number of hydrogen-bond acceptors (Lipinski definition) is 4. The first-order chi connectivity index (χ1) is 17.6. The molecule has 0 aliphatic carbocycles. The second-order valence-electron chi connectivity index (χ2n) is 8.82. The Labute approximate surface area is 217 Å². The SMILES string of the molecule is CCNC(=O)c1ccc(-c2ccccc2-n2c(C)cc(C(=O)Nc3ccc(S(C)(=O)=O)cc3)c2C)cc1. The summed E-state index contributed by atoms with van der Waals surface area (Å²) in [5.41, 5.74) is 6.12. The summed E-state index contributed by atoms with van der Waals surface area (Å²) in [6.07, 6.45) is 1.14. The zero-order valence-corrected chi connectivity index (χ0v) is 22.0. The molecular weight excluding hydrogens is 486 g/mol. The lowest BCUT2D eigenvalue weighted by atomic mass is 10.0. The number of rotatable bonds is 7. The van der Waals surface area contributed by atoms with Crippen LogP contribution in [0.2, 0.25) is 0 Å². The van der Waals surface area contributed by atoms with Crippen LogP contribution in [-0.2, 0) is 9.84 Å². The molecular formula is C29H29N3O4S. The fraction of sp³-hybridized carbons (Fsp3) is 0.172. The Morgan fingerprint density at radius 2 is 1.51 bits per heavy atom. The van der Waals surface area contributed by atoms with Gasteiger partial charge in [0, 0.05) is 41.0 Å². The fourth-order valence-electron chi connectivity index (χ4n) is 4.32. The van der Waals surface area contributed by atoms with Gasteiger partial charge in [0.15, 0.2) is 9.84 Å². The molecule has 0 aliphatic heterocycles. The first kappa shape index (κ1) is 25.9. The molecule has 0 fully saturated rings. The molecule has 0 spiro atoms. The molecule has 0 saturated carbocycles. The fourth-order valence-corrected chi connectivity index (χ4v) is 4.95. The van der Waals surface area contributed by atoms with Crippen LogP contribution in [0.15, 0.2) is 83.8 Å². The van der Waals surface area contributed by atoms with Crippen molar-refractivity contribution in [2.24, 2.45) is 0 Å². The summed E-state index contributed by atoms with van der Waals surface area (Å²) in [5.74, 6) is -0.392. The van der Waals surface area contributed by atoms with Crippen LogP contribution in [0, 0.1) is 13.8 Å². The summed E-state index contributed by atoms with van der Waals surface area (Å²) in [6.45, 7) is 6.29. The molecule has 37 heavy (non-hydrogen) atoms. The maximum absolute atomic E-state index is 13.1. The van der Waals surface area contributed by atoms with Crippen LogP contribution in [0.1, 0.15) is 39.0 Å². The van der Waals surface area contributed by atoms with Gasteiger partial charge in [-0.25, -0.2) is 8.42 Å². The van der Waals surface area contributed by atoms with E-state index in [0.717, 1.165) is 34.5 Å². The van der Waals surface area contributed by atoms with Crippen molar-refractivity contribution in [1.29, 1.82) is 0 Å². The summed E-state index contributed by atoms with van der Waals surface area (Å²) in [7, 11) is -3.31. The molecule has 8 heteroatoms. The van der Waals surface area contributed by atoms with Crippen molar-refractivity contribution in [1.82, 2.24) is 9.88 Å². The highest BCUT2D eigenvalue weighted by molar-refractivity contribution is 7.90. The monoisotopic (exact) mass is 515 g/mol. The van der Waals surface area contributed by atoms with Crippen LogP contribution in [-0.4, -0.2) is 37.6 Å². The normalized spacial score (nSPS) is 11.2. The third-order valence-electron chi connectivity index (χ3n) is 6.16.